The fourth-order valence-corrected chi connectivity index (χ4v) is 2.45. The van der Waals surface area contributed by atoms with Crippen molar-refractivity contribution in [3.63, 3.8) is 0 Å². The molecule has 0 fully saturated rings. The average Bonchev–Trinajstić information content (AvgIpc) is 2.40. The smallest absolute Gasteiger partial charge is 0.0451 e. The van der Waals surface area contributed by atoms with Crippen molar-refractivity contribution in [2.24, 2.45) is 0 Å². The Labute approximate surface area is 132 Å². The van der Waals surface area contributed by atoms with Crippen LogP contribution in [0.1, 0.15) is 24.1 Å². The summed E-state index contributed by atoms with van der Waals surface area (Å²) >= 11 is 15.6. The van der Waals surface area contributed by atoms with Crippen LogP contribution in [0.15, 0.2) is 46.9 Å². The van der Waals surface area contributed by atoms with Gasteiger partial charge in [0.25, 0.3) is 0 Å². The molecule has 0 unspecified atom stereocenters. The molecule has 1 atom stereocenters. The lowest BCUT2D eigenvalue weighted by Crippen LogP contribution is -2.18. The lowest BCUT2D eigenvalue weighted by molar-refractivity contribution is 0.575. The van der Waals surface area contributed by atoms with E-state index in [1.807, 2.05) is 24.3 Å². The standard InChI is InChI=1S/C15H14BrCl2N/c1-10(11-2-4-13(16)5-3-11)19-9-12-8-14(17)6-7-15(12)18/h2-8,10,19H,9H2,1H3/t10-/m1/s1. The SMILES string of the molecule is C[C@@H](NCc1cc(Cl)ccc1Cl)c1ccc(Br)cc1. The van der Waals surface area contributed by atoms with Crippen LogP contribution in [0.5, 0.6) is 0 Å². The van der Waals surface area contributed by atoms with Crippen molar-refractivity contribution < 1.29 is 0 Å². The Morgan fingerprint density at radius 1 is 1.11 bits per heavy atom. The van der Waals surface area contributed by atoms with Gasteiger partial charge in [-0.25, -0.2) is 0 Å². The number of halogens is 3. The largest absolute Gasteiger partial charge is 0.306 e. The summed E-state index contributed by atoms with van der Waals surface area (Å²) in [5.41, 5.74) is 2.25. The molecule has 19 heavy (non-hydrogen) atoms. The maximum Gasteiger partial charge on any atom is 0.0451 e. The molecule has 2 aromatic carbocycles. The highest BCUT2D eigenvalue weighted by Crippen LogP contribution is 2.22. The average molecular weight is 359 g/mol. The zero-order chi connectivity index (χ0) is 13.8. The van der Waals surface area contributed by atoms with Crippen LogP contribution in [0, 0.1) is 0 Å². The minimum absolute atomic E-state index is 0.253. The van der Waals surface area contributed by atoms with Gasteiger partial charge in [-0.1, -0.05) is 51.3 Å². The van der Waals surface area contributed by atoms with Crippen molar-refractivity contribution >= 4 is 39.1 Å². The van der Waals surface area contributed by atoms with E-state index in [1.54, 1.807) is 6.07 Å². The summed E-state index contributed by atoms with van der Waals surface area (Å²) in [7, 11) is 0. The molecular weight excluding hydrogens is 345 g/mol. The zero-order valence-electron chi connectivity index (χ0n) is 10.5. The second kappa shape index (κ2) is 6.76. The molecule has 0 aliphatic carbocycles. The van der Waals surface area contributed by atoms with Crippen LogP contribution in [0.3, 0.4) is 0 Å². The summed E-state index contributed by atoms with van der Waals surface area (Å²) < 4.78 is 1.08. The van der Waals surface area contributed by atoms with Crippen LogP contribution in [-0.4, -0.2) is 0 Å². The third-order valence-corrected chi connectivity index (χ3v) is 4.11. The Morgan fingerprint density at radius 2 is 1.79 bits per heavy atom. The van der Waals surface area contributed by atoms with E-state index in [9.17, 15) is 0 Å². The van der Waals surface area contributed by atoms with Crippen molar-refractivity contribution in [1.29, 1.82) is 0 Å². The maximum atomic E-state index is 6.14. The first-order chi connectivity index (χ1) is 9.06. The maximum absolute atomic E-state index is 6.14. The van der Waals surface area contributed by atoms with E-state index in [1.165, 1.54) is 5.56 Å². The molecule has 0 heterocycles. The number of benzene rings is 2. The number of rotatable bonds is 4. The fourth-order valence-electron chi connectivity index (χ4n) is 1.81. The first kappa shape index (κ1) is 14.9. The second-order valence-electron chi connectivity index (χ2n) is 4.39. The molecule has 0 radical (unpaired) electrons. The molecule has 0 saturated carbocycles. The van der Waals surface area contributed by atoms with Gasteiger partial charge in [0, 0.05) is 27.1 Å². The first-order valence-corrected chi connectivity index (χ1v) is 7.54. The summed E-state index contributed by atoms with van der Waals surface area (Å²) in [6.45, 7) is 2.82. The number of hydrogen-bond donors (Lipinski definition) is 1. The van der Waals surface area contributed by atoms with E-state index >= 15 is 0 Å². The third kappa shape index (κ3) is 4.22. The Bertz CT molecular complexity index is 555. The van der Waals surface area contributed by atoms with E-state index in [2.05, 4.69) is 40.3 Å². The summed E-state index contributed by atoms with van der Waals surface area (Å²) in [5, 5.41) is 4.89. The van der Waals surface area contributed by atoms with Crippen LogP contribution in [0.25, 0.3) is 0 Å². The van der Waals surface area contributed by atoms with E-state index in [0.29, 0.717) is 11.6 Å². The monoisotopic (exact) mass is 357 g/mol. The topological polar surface area (TPSA) is 12.0 Å². The van der Waals surface area contributed by atoms with Gasteiger partial charge in [0.1, 0.15) is 0 Å². The Balaban J connectivity index is 2.02. The molecule has 4 heteroatoms. The van der Waals surface area contributed by atoms with Gasteiger partial charge in [-0.3, -0.25) is 0 Å². The molecule has 1 nitrogen and oxygen atoms in total. The zero-order valence-corrected chi connectivity index (χ0v) is 13.6. The predicted octanol–water partition coefficient (Wildman–Crippen LogP) is 5.61. The van der Waals surface area contributed by atoms with Gasteiger partial charge >= 0.3 is 0 Å². The van der Waals surface area contributed by atoms with Gasteiger partial charge in [-0.15, -0.1) is 0 Å². The minimum Gasteiger partial charge on any atom is -0.306 e. The van der Waals surface area contributed by atoms with Crippen LogP contribution in [0.4, 0.5) is 0 Å². The van der Waals surface area contributed by atoms with Crippen molar-refractivity contribution in [1.82, 2.24) is 5.32 Å². The fraction of sp³-hybridized carbons (Fsp3) is 0.200. The van der Waals surface area contributed by atoms with E-state index in [0.717, 1.165) is 15.1 Å². The third-order valence-electron chi connectivity index (χ3n) is 2.98. The van der Waals surface area contributed by atoms with Gasteiger partial charge in [-0.2, -0.15) is 0 Å². The van der Waals surface area contributed by atoms with Crippen LogP contribution >= 0.6 is 39.1 Å². The molecule has 0 saturated heterocycles. The van der Waals surface area contributed by atoms with Crippen LogP contribution in [-0.2, 0) is 6.54 Å². The lowest BCUT2D eigenvalue weighted by atomic mass is 10.1. The number of hydrogen-bond acceptors (Lipinski definition) is 1. The quantitative estimate of drug-likeness (QED) is 0.749. The second-order valence-corrected chi connectivity index (χ2v) is 6.15. The molecular formula is C15H14BrCl2N. The molecule has 2 aromatic rings. The van der Waals surface area contributed by atoms with Crippen LogP contribution < -0.4 is 5.32 Å². The first-order valence-electron chi connectivity index (χ1n) is 5.99. The van der Waals surface area contributed by atoms with E-state index < -0.39 is 0 Å². The molecule has 0 bridgehead atoms. The molecule has 0 aliphatic heterocycles. The van der Waals surface area contributed by atoms with E-state index in [-0.39, 0.29) is 6.04 Å². The lowest BCUT2D eigenvalue weighted by Gasteiger charge is -2.15. The molecule has 2 rings (SSSR count). The van der Waals surface area contributed by atoms with Gasteiger partial charge in [0.05, 0.1) is 0 Å². The summed E-state index contributed by atoms with van der Waals surface area (Å²) in [6, 6.07) is 14.0. The van der Waals surface area contributed by atoms with Crippen LogP contribution in [0.2, 0.25) is 10.0 Å². The van der Waals surface area contributed by atoms with Crippen molar-refractivity contribution in [2.75, 3.05) is 0 Å². The Kier molecular flexibility index (Phi) is 5.28. The Hall–Kier alpha value is -0.540. The highest BCUT2D eigenvalue weighted by molar-refractivity contribution is 9.10. The number of nitrogens with one attached hydrogen (secondary N) is 1. The predicted molar refractivity (Wildman–Crippen MR) is 85.9 cm³/mol. The molecule has 1 N–H and O–H groups in total. The van der Waals surface area contributed by atoms with E-state index in [4.69, 9.17) is 23.2 Å². The van der Waals surface area contributed by atoms with Gasteiger partial charge in [0.2, 0.25) is 0 Å². The van der Waals surface area contributed by atoms with Gasteiger partial charge < -0.3 is 5.32 Å². The highest BCUT2D eigenvalue weighted by Gasteiger charge is 2.07. The minimum atomic E-state index is 0.253. The summed E-state index contributed by atoms with van der Waals surface area (Å²) in [6.07, 6.45) is 0. The summed E-state index contributed by atoms with van der Waals surface area (Å²) in [4.78, 5) is 0. The highest BCUT2D eigenvalue weighted by atomic mass is 79.9. The van der Waals surface area contributed by atoms with Crippen molar-refractivity contribution in [3.05, 3.63) is 68.1 Å². The Morgan fingerprint density at radius 3 is 2.47 bits per heavy atom. The van der Waals surface area contributed by atoms with Crippen molar-refractivity contribution in [3.8, 4) is 0 Å². The molecule has 0 amide bonds. The van der Waals surface area contributed by atoms with Crippen molar-refractivity contribution in [2.45, 2.75) is 19.5 Å². The molecule has 0 aliphatic rings. The molecule has 100 valence electrons. The summed E-state index contributed by atoms with van der Waals surface area (Å²) in [5.74, 6) is 0. The normalized spacial score (nSPS) is 12.4. The van der Waals surface area contributed by atoms with Gasteiger partial charge in [-0.05, 0) is 48.4 Å². The van der Waals surface area contributed by atoms with Gasteiger partial charge in [0.15, 0.2) is 0 Å². The molecule has 0 aromatic heterocycles. The molecule has 0 spiro atoms.